The molecular weight excluding hydrogens is 208 g/mol. The molecule has 1 N–H and O–H groups in total. The minimum absolute atomic E-state index is 0.592. The van der Waals surface area contributed by atoms with E-state index in [1.165, 1.54) is 24.8 Å². The Morgan fingerprint density at radius 1 is 1.24 bits per heavy atom. The zero-order chi connectivity index (χ0) is 12.5. The maximum atomic E-state index is 4.20. The zero-order valence-electron chi connectivity index (χ0n) is 11.4. The van der Waals surface area contributed by atoms with Gasteiger partial charge in [-0.05, 0) is 36.9 Å². The Balaban J connectivity index is 2.62. The Labute approximate surface area is 106 Å². The van der Waals surface area contributed by atoms with E-state index in [1.807, 2.05) is 18.5 Å². The molecule has 0 saturated carbocycles. The van der Waals surface area contributed by atoms with E-state index in [1.54, 1.807) is 0 Å². The maximum absolute atomic E-state index is 4.20. The van der Waals surface area contributed by atoms with Crippen molar-refractivity contribution in [1.82, 2.24) is 10.3 Å². The SMILES string of the molecule is CCCNC(Cc1cccnc1)C(CC)CC. The highest BCUT2D eigenvalue weighted by Gasteiger charge is 2.17. The lowest BCUT2D eigenvalue weighted by Gasteiger charge is -2.26. The van der Waals surface area contributed by atoms with Crippen LogP contribution in [0.3, 0.4) is 0 Å². The number of pyridine rings is 1. The van der Waals surface area contributed by atoms with Crippen LogP contribution in [0.4, 0.5) is 0 Å². The van der Waals surface area contributed by atoms with Crippen molar-refractivity contribution in [2.24, 2.45) is 5.92 Å². The zero-order valence-corrected chi connectivity index (χ0v) is 11.4. The first kappa shape index (κ1) is 14.2. The quantitative estimate of drug-likeness (QED) is 0.745. The van der Waals surface area contributed by atoms with Gasteiger partial charge in [-0.25, -0.2) is 0 Å². The van der Waals surface area contributed by atoms with Crippen LogP contribution in [0.1, 0.15) is 45.6 Å². The molecule has 2 nitrogen and oxygen atoms in total. The summed E-state index contributed by atoms with van der Waals surface area (Å²) in [6.45, 7) is 7.92. The Morgan fingerprint density at radius 3 is 2.53 bits per heavy atom. The third-order valence-electron chi connectivity index (χ3n) is 3.45. The summed E-state index contributed by atoms with van der Waals surface area (Å²) in [5, 5.41) is 3.69. The van der Waals surface area contributed by atoms with Crippen molar-refractivity contribution in [1.29, 1.82) is 0 Å². The van der Waals surface area contributed by atoms with Crippen LogP contribution in [-0.2, 0) is 6.42 Å². The molecule has 1 atom stereocenters. The summed E-state index contributed by atoms with van der Waals surface area (Å²) in [6.07, 6.45) is 8.62. The average molecular weight is 234 g/mol. The minimum Gasteiger partial charge on any atom is -0.313 e. The molecule has 0 saturated heterocycles. The molecule has 1 rings (SSSR count). The standard InChI is InChI=1S/C15H26N2/c1-4-9-17-15(14(5-2)6-3)11-13-8-7-10-16-12-13/h7-8,10,12,14-15,17H,4-6,9,11H2,1-3H3. The molecule has 1 aromatic heterocycles. The van der Waals surface area contributed by atoms with Crippen LogP contribution in [0.25, 0.3) is 0 Å². The number of hydrogen-bond donors (Lipinski definition) is 1. The molecule has 17 heavy (non-hydrogen) atoms. The van der Waals surface area contributed by atoms with E-state index >= 15 is 0 Å². The Bertz CT molecular complexity index is 280. The molecule has 0 bridgehead atoms. The lowest BCUT2D eigenvalue weighted by molar-refractivity contribution is 0.332. The third kappa shape index (κ3) is 4.86. The molecule has 0 aliphatic heterocycles. The summed E-state index contributed by atoms with van der Waals surface area (Å²) in [5.74, 6) is 0.766. The van der Waals surface area contributed by atoms with Gasteiger partial charge in [-0.15, -0.1) is 0 Å². The number of hydrogen-bond acceptors (Lipinski definition) is 2. The Hall–Kier alpha value is -0.890. The molecule has 1 unspecified atom stereocenters. The highest BCUT2D eigenvalue weighted by atomic mass is 14.9. The van der Waals surface area contributed by atoms with E-state index < -0.39 is 0 Å². The number of rotatable bonds is 8. The van der Waals surface area contributed by atoms with Crippen LogP contribution >= 0.6 is 0 Å². The molecule has 1 heterocycles. The third-order valence-corrected chi connectivity index (χ3v) is 3.45. The van der Waals surface area contributed by atoms with Gasteiger partial charge in [-0.2, -0.15) is 0 Å². The lowest BCUT2D eigenvalue weighted by Crippen LogP contribution is -2.38. The van der Waals surface area contributed by atoms with Gasteiger partial charge in [0.2, 0.25) is 0 Å². The molecule has 1 aromatic rings. The van der Waals surface area contributed by atoms with Gasteiger partial charge in [0.25, 0.3) is 0 Å². The molecular formula is C15H26N2. The van der Waals surface area contributed by atoms with Gasteiger partial charge in [0, 0.05) is 18.4 Å². The van der Waals surface area contributed by atoms with Crippen molar-refractivity contribution < 1.29 is 0 Å². The van der Waals surface area contributed by atoms with Gasteiger partial charge in [0.05, 0.1) is 0 Å². The molecule has 0 fully saturated rings. The summed E-state index contributed by atoms with van der Waals surface area (Å²) >= 11 is 0. The molecule has 0 aromatic carbocycles. The molecule has 2 heteroatoms. The number of nitrogens with one attached hydrogen (secondary N) is 1. The fraction of sp³-hybridized carbons (Fsp3) is 0.667. The minimum atomic E-state index is 0.592. The van der Waals surface area contributed by atoms with Crippen LogP contribution in [-0.4, -0.2) is 17.6 Å². The predicted molar refractivity (Wildman–Crippen MR) is 74.1 cm³/mol. The molecule has 0 aliphatic carbocycles. The molecule has 0 spiro atoms. The largest absolute Gasteiger partial charge is 0.313 e. The summed E-state index contributed by atoms with van der Waals surface area (Å²) in [7, 11) is 0. The molecule has 96 valence electrons. The predicted octanol–water partition coefficient (Wildman–Crippen LogP) is 3.43. The summed E-state index contributed by atoms with van der Waals surface area (Å²) < 4.78 is 0. The van der Waals surface area contributed by atoms with E-state index in [0.29, 0.717) is 6.04 Å². The van der Waals surface area contributed by atoms with E-state index in [2.05, 4.69) is 37.1 Å². The monoisotopic (exact) mass is 234 g/mol. The fourth-order valence-electron chi connectivity index (χ4n) is 2.37. The van der Waals surface area contributed by atoms with Crippen molar-refractivity contribution in [3.8, 4) is 0 Å². The summed E-state index contributed by atoms with van der Waals surface area (Å²) in [4.78, 5) is 4.20. The Morgan fingerprint density at radius 2 is 2.00 bits per heavy atom. The highest BCUT2D eigenvalue weighted by molar-refractivity contribution is 5.10. The second kappa shape index (κ2) is 8.24. The lowest BCUT2D eigenvalue weighted by atomic mass is 9.89. The molecule has 0 amide bonds. The summed E-state index contributed by atoms with van der Waals surface area (Å²) in [5.41, 5.74) is 1.34. The van der Waals surface area contributed by atoms with E-state index in [9.17, 15) is 0 Å². The van der Waals surface area contributed by atoms with Crippen molar-refractivity contribution in [2.45, 2.75) is 52.5 Å². The van der Waals surface area contributed by atoms with Crippen LogP contribution in [0, 0.1) is 5.92 Å². The first-order valence-corrected chi connectivity index (χ1v) is 6.94. The van der Waals surface area contributed by atoms with E-state index in [-0.39, 0.29) is 0 Å². The van der Waals surface area contributed by atoms with Crippen LogP contribution in [0.2, 0.25) is 0 Å². The number of aromatic nitrogens is 1. The van der Waals surface area contributed by atoms with Crippen LogP contribution in [0.15, 0.2) is 24.5 Å². The average Bonchev–Trinajstić information content (AvgIpc) is 2.38. The van der Waals surface area contributed by atoms with Gasteiger partial charge >= 0.3 is 0 Å². The summed E-state index contributed by atoms with van der Waals surface area (Å²) in [6, 6.07) is 4.80. The van der Waals surface area contributed by atoms with Crippen LogP contribution < -0.4 is 5.32 Å². The van der Waals surface area contributed by atoms with Crippen molar-refractivity contribution in [3.05, 3.63) is 30.1 Å². The van der Waals surface area contributed by atoms with Crippen molar-refractivity contribution in [2.75, 3.05) is 6.54 Å². The smallest absolute Gasteiger partial charge is 0.0300 e. The first-order chi connectivity index (χ1) is 8.31. The Kier molecular flexibility index (Phi) is 6.87. The molecule has 0 aliphatic rings. The van der Waals surface area contributed by atoms with Crippen LogP contribution in [0.5, 0.6) is 0 Å². The normalized spacial score (nSPS) is 12.9. The molecule has 0 radical (unpaired) electrons. The maximum Gasteiger partial charge on any atom is 0.0300 e. The number of nitrogens with zero attached hydrogens (tertiary/aromatic N) is 1. The van der Waals surface area contributed by atoms with Gasteiger partial charge in [-0.3, -0.25) is 4.98 Å². The fourth-order valence-corrected chi connectivity index (χ4v) is 2.37. The van der Waals surface area contributed by atoms with Gasteiger partial charge < -0.3 is 5.32 Å². The van der Waals surface area contributed by atoms with E-state index in [0.717, 1.165) is 18.9 Å². The van der Waals surface area contributed by atoms with Crippen molar-refractivity contribution in [3.63, 3.8) is 0 Å². The topological polar surface area (TPSA) is 24.9 Å². The van der Waals surface area contributed by atoms with Gasteiger partial charge in [-0.1, -0.05) is 39.7 Å². The highest BCUT2D eigenvalue weighted by Crippen LogP contribution is 2.17. The second-order valence-corrected chi connectivity index (χ2v) is 4.70. The van der Waals surface area contributed by atoms with E-state index in [4.69, 9.17) is 0 Å². The van der Waals surface area contributed by atoms with Crippen molar-refractivity contribution >= 4 is 0 Å². The first-order valence-electron chi connectivity index (χ1n) is 6.94. The second-order valence-electron chi connectivity index (χ2n) is 4.70. The van der Waals surface area contributed by atoms with Gasteiger partial charge in [0.15, 0.2) is 0 Å². The van der Waals surface area contributed by atoms with Gasteiger partial charge in [0.1, 0.15) is 0 Å².